The van der Waals surface area contributed by atoms with Crippen molar-refractivity contribution in [1.82, 2.24) is 10.3 Å². The SMILES string of the molecule is CCNCCN(C)c1ccc(Br)cn1. The van der Waals surface area contributed by atoms with Gasteiger partial charge in [-0.15, -0.1) is 0 Å². The molecule has 0 aliphatic rings. The minimum absolute atomic E-state index is 0.975. The van der Waals surface area contributed by atoms with Crippen LogP contribution in [0.15, 0.2) is 22.8 Å². The van der Waals surface area contributed by atoms with E-state index in [9.17, 15) is 0 Å². The molecule has 1 aromatic rings. The highest BCUT2D eigenvalue weighted by Gasteiger charge is 2.00. The van der Waals surface area contributed by atoms with Crippen LogP contribution in [0.1, 0.15) is 6.92 Å². The maximum absolute atomic E-state index is 4.31. The maximum Gasteiger partial charge on any atom is 0.128 e. The number of rotatable bonds is 5. The molecule has 1 heterocycles. The van der Waals surface area contributed by atoms with E-state index in [4.69, 9.17) is 0 Å². The molecule has 0 unspecified atom stereocenters. The highest BCUT2D eigenvalue weighted by Crippen LogP contribution is 2.12. The minimum Gasteiger partial charge on any atom is -0.358 e. The smallest absolute Gasteiger partial charge is 0.128 e. The maximum atomic E-state index is 4.31. The summed E-state index contributed by atoms with van der Waals surface area (Å²) in [6.45, 7) is 5.09. The summed E-state index contributed by atoms with van der Waals surface area (Å²) in [6, 6.07) is 4.02. The Morgan fingerprint density at radius 1 is 1.50 bits per heavy atom. The van der Waals surface area contributed by atoms with Crippen LogP contribution in [-0.2, 0) is 0 Å². The minimum atomic E-state index is 0.975. The average molecular weight is 258 g/mol. The Labute approximate surface area is 93.7 Å². The van der Waals surface area contributed by atoms with E-state index in [2.05, 4.69) is 38.1 Å². The Hall–Kier alpha value is -0.610. The van der Waals surface area contributed by atoms with Crippen molar-refractivity contribution >= 4 is 21.7 Å². The van der Waals surface area contributed by atoms with Gasteiger partial charge in [0.25, 0.3) is 0 Å². The molecule has 0 aromatic carbocycles. The third-order valence-electron chi connectivity index (χ3n) is 1.98. The molecule has 1 rings (SSSR count). The Balaban J connectivity index is 2.43. The predicted octanol–water partition coefficient (Wildman–Crippen LogP) is 1.89. The summed E-state index contributed by atoms with van der Waals surface area (Å²) in [6.07, 6.45) is 1.82. The number of hydrogen-bond donors (Lipinski definition) is 1. The summed E-state index contributed by atoms with van der Waals surface area (Å²) in [5, 5.41) is 3.28. The van der Waals surface area contributed by atoms with Crippen molar-refractivity contribution in [3.05, 3.63) is 22.8 Å². The number of pyridine rings is 1. The number of hydrogen-bond acceptors (Lipinski definition) is 3. The molecule has 0 spiro atoms. The molecule has 1 N–H and O–H groups in total. The highest BCUT2D eigenvalue weighted by molar-refractivity contribution is 9.10. The fourth-order valence-electron chi connectivity index (χ4n) is 1.13. The van der Waals surface area contributed by atoms with Crippen LogP contribution in [0.2, 0.25) is 0 Å². The zero-order valence-electron chi connectivity index (χ0n) is 8.63. The number of halogens is 1. The lowest BCUT2D eigenvalue weighted by Gasteiger charge is -2.17. The van der Waals surface area contributed by atoms with E-state index in [1.165, 1.54) is 0 Å². The summed E-state index contributed by atoms with van der Waals surface area (Å²) in [4.78, 5) is 6.44. The second-order valence-corrected chi connectivity index (χ2v) is 4.03. The van der Waals surface area contributed by atoms with Crippen LogP contribution in [0.25, 0.3) is 0 Å². The molecule has 0 amide bonds. The van der Waals surface area contributed by atoms with Gasteiger partial charge in [0.15, 0.2) is 0 Å². The molecule has 0 saturated carbocycles. The summed E-state index contributed by atoms with van der Waals surface area (Å²) >= 11 is 3.37. The fourth-order valence-corrected chi connectivity index (χ4v) is 1.37. The van der Waals surface area contributed by atoms with Crippen molar-refractivity contribution in [2.45, 2.75) is 6.92 Å². The number of aromatic nitrogens is 1. The number of likely N-dealkylation sites (N-methyl/N-ethyl adjacent to an activating group) is 2. The van der Waals surface area contributed by atoms with E-state index in [-0.39, 0.29) is 0 Å². The van der Waals surface area contributed by atoms with Crippen LogP contribution in [0, 0.1) is 0 Å². The van der Waals surface area contributed by atoms with Gasteiger partial charge in [-0.2, -0.15) is 0 Å². The van der Waals surface area contributed by atoms with Crippen LogP contribution >= 0.6 is 15.9 Å². The van der Waals surface area contributed by atoms with E-state index in [0.29, 0.717) is 0 Å². The second-order valence-electron chi connectivity index (χ2n) is 3.11. The summed E-state index contributed by atoms with van der Waals surface area (Å²) in [5.41, 5.74) is 0. The van der Waals surface area contributed by atoms with E-state index in [1.54, 1.807) is 0 Å². The van der Waals surface area contributed by atoms with Gasteiger partial charge in [-0.3, -0.25) is 0 Å². The van der Waals surface area contributed by atoms with Crippen molar-refractivity contribution in [3.8, 4) is 0 Å². The topological polar surface area (TPSA) is 28.2 Å². The van der Waals surface area contributed by atoms with Crippen molar-refractivity contribution < 1.29 is 0 Å². The van der Waals surface area contributed by atoms with Gasteiger partial charge in [0.2, 0.25) is 0 Å². The number of nitrogens with zero attached hydrogens (tertiary/aromatic N) is 2. The van der Waals surface area contributed by atoms with E-state index >= 15 is 0 Å². The quantitative estimate of drug-likeness (QED) is 0.817. The monoisotopic (exact) mass is 257 g/mol. The lowest BCUT2D eigenvalue weighted by atomic mass is 10.4. The van der Waals surface area contributed by atoms with Crippen LogP contribution in [0.5, 0.6) is 0 Å². The number of anilines is 1. The Morgan fingerprint density at radius 3 is 2.86 bits per heavy atom. The highest BCUT2D eigenvalue weighted by atomic mass is 79.9. The van der Waals surface area contributed by atoms with Crippen molar-refractivity contribution in [3.63, 3.8) is 0 Å². The average Bonchev–Trinajstić information content (AvgIpc) is 2.19. The first kappa shape index (κ1) is 11.5. The first-order valence-electron chi connectivity index (χ1n) is 4.77. The van der Waals surface area contributed by atoms with Crippen molar-refractivity contribution in [1.29, 1.82) is 0 Å². The molecule has 1 aromatic heterocycles. The van der Waals surface area contributed by atoms with Crippen LogP contribution in [0.4, 0.5) is 5.82 Å². The normalized spacial score (nSPS) is 10.2. The third kappa shape index (κ3) is 3.64. The molecule has 14 heavy (non-hydrogen) atoms. The standard InChI is InChI=1S/C10H16BrN3/c1-3-12-6-7-14(2)10-5-4-9(11)8-13-10/h4-5,8,12H,3,6-7H2,1-2H3. The van der Waals surface area contributed by atoms with Gasteiger partial charge in [-0.1, -0.05) is 6.92 Å². The third-order valence-corrected chi connectivity index (χ3v) is 2.45. The van der Waals surface area contributed by atoms with Crippen LogP contribution in [0.3, 0.4) is 0 Å². The molecule has 0 atom stereocenters. The first-order valence-corrected chi connectivity index (χ1v) is 5.56. The second kappa shape index (κ2) is 5.98. The fraction of sp³-hybridized carbons (Fsp3) is 0.500. The molecule has 0 radical (unpaired) electrons. The van der Waals surface area contributed by atoms with Gasteiger partial charge in [0, 0.05) is 30.8 Å². The summed E-state index contributed by atoms with van der Waals surface area (Å²) < 4.78 is 1.02. The van der Waals surface area contributed by atoms with E-state index in [0.717, 1.165) is 29.9 Å². The Kier molecular flexibility index (Phi) is 4.90. The van der Waals surface area contributed by atoms with Crippen molar-refractivity contribution in [2.75, 3.05) is 31.6 Å². The Bertz CT molecular complexity index is 261. The first-order chi connectivity index (χ1) is 6.74. The Morgan fingerprint density at radius 2 is 2.29 bits per heavy atom. The van der Waals surface area contributed by atoms with Gasteiger partial charge in [0.1, 0.15) is 5.82 Å². The molecule has 0 aliphatic carbocycles. The largest absolute Gasteiger partial charge is 0.358 e. The molecule has 4 heteroatoms. The van der Waals surface area contributed by atoms with E-state index < -0.39 is 0 Å². The molecule has 78 valence electrons. The molecular weight excluding hydrogens is 242 g/mol. The molecule has 0 aliphatic heterocycles. The number of nitrogens with one attached hydrogen (secondary N) is 1. The summed E-state index contributed by atoms with van der Waals surface area (Å²) in [7, 11) is 2.05. The van der Waals surface area contributed by atoms with Crippen LogP contribution < -0.4 is 10.2 Å². The molecule has 0 saturated heterocycles. The van der Waals surface area contributed by atoms with Crippen LogP contribution in [-0.4, -0.2) is 31.7 Å². The molecule has 3 nitrogen and oxygen atoms in total. The lowest BCUT2D eigenvalue weighted by molar-refractivity contribution is 0.702. The van der Waals surface area contributed by atoms with Gasteiger partial charge in [-0.25, -0.2) is 4.98 Å². The zero-order chi connectivity index (χ0) is 10.4. The zero-order valence-corrected chi connectivity index (χ0v) is 10.2. The van der Waals surface area contributed by atoms with Crippen molar-refractivity contribution in [2.24, 2.45) is 0 Å². The lowest BCUT2D eigenvalue weighted by Crippen LogP contribution is -2.29. The predicted molar refractivity (Wildman–Crippen MR) is 63.8 cm³/mol. The molecular formula is C10H16BrN3. The van der Waals surface area contributed by atoms with Gasteiger partial charge >= 0.3 is 0 Å². The van der Waals surface area contributed by atoms with Gasteiger partial charge in [0.05, 0.1) is 0 Å². The molecule has 0 bridgehead atoms. The van der Waals surface area contributed by atoms with Gasteiger partial charge < -0.3 is 10.2 Å². The molecule has 0 fully saturated rings. The van der Waals surface area contributed by atoms with Gasteiger partial charge in [-0.05, 0) is 34.6 Å². The van der Waals surface area contributed by atoms with E-state index in [1.807, 2.05) is 25.4 Å². The summed E-state index contributed by atoms with van der Waals surface area (Å²) in [5.74, 6) is 1.01.